The summed E-state index contributed by atoms with van der Waals surface area (Å²) in [5.74, 6) is -3.53. The molecule has 2 aromatic heterocycles. The number of hydrogen-bond donors (Lipinski definition) is 2. The summed E-state index contributed by atoms with van der Waals surface area (Å²) in [4.78, 5) is 26.6. The van der Waals surface area contributed by atoms with Crippen molar-refractivity contribution >= 4 is 17.7 Å². The normalized spacial score (nSPS) is 13.6. The van der Waals surface area contributed by atoms with Crippen LogP contribution in [0.4, 0.5) is 19.0 Å². The van der Waals surface area contributed by atoms with Crippen molar-refractivity contribution in [1.82, 2.24) is 5.32 Å². The Bertz CT molecular complexity index is 762. The first-order valence-corrected chi connectivity index (χ1v) is 6.97. The summed E-state index contributed by atoms with van der Waals surface area (Å²) in [6.45, 7) is 1.65. The number of H-pyrrole nitrogens is 1. The Kier molecular flexibility index (Phi) is 5.00. The first kappa shape index (κ1) is 18.3. The van der Waals surface area contributed by atoms with E-state index in [0.717, 1.165) is 19.4 Å². The van der Waals surface area contributed by atoms with E-state index in [1.165, 1.54) is 18.3 Å². The summed E-state index contributed by atoms with van der Waals surface area (Å²) in [5, 5.41) is 3.62. The quantitative estimate of drug-likeness (QED) is 0.626. The minimum absolute atomic E-state index is 0.150. The summed E-state index contributed by atoms with van der Waals surface area (Å²) in [5.41, 5.74) is -2.89. The number of esters is 1. The molecule has 0 radical (unpaired) electrons. The molecular weight excluding hydrogens is 343 g/mol. The van der Waals surface area contributed by atoms with Gasteiger partial charge in [-0.2, -0.15) is 13.2 Å². The van der Waals surface area contributed by atoms with Gasteiger partial charge in [-0.15, -0.1) is 0 Å². The molecule has 7 nitrogen and oxygen atoms in total. The maximum absolute atomic E-state index is 13.8. The second-order valence-electron chi connectivity index (χ2n) is 5.08. The van der Waals surface area contributed by atoms with E-state index in [9.17, 15) is 22.8 Å². The van der Waals surface area contributed by atoms with Crippen molar-refractivity contribution in [3.05, 3.63) is 48.0 Å². The number of furan rings is 1. The number of carbonyl (C=O) groups excluding carboxylic acids is 2. The van der Waals surface area contributed by atoms with Gasteiger partial charge < -0.3 is 9.15 Å². The van der Waals surface area contributed by atoms with Crippen LogP contribution in [0.25, 0.3) is 0 Å². The molecule has 134 valence electrons. The minimum atomic E-state index is -5.22. The highest BCUT2D eigenvalue weighted by Gasteiger charge is 2.68. The van der Waals surface area contributed by atoms with Crippen molar-refractivity contribution in [2.45, 2.75) is 18.8 Å². The summed E-state index contributed by atoms with van der Waals surface area (Å²) < 4.78 is 50.4. The monoisotopic (exact) mass is 358 g/mol. The Morgan fingerprint density at radius 2 is 2.00 bits per heavy atom. The lowest BCUT2D eigenvalue weighted by Gasteiger charge is -2.30. The van der Waals surface area contributed by atoms with Crippen LogP contribution >= 0.6 is 0 Å². The highest BCUT2D eigenvalue weighted by molar-refractivity contribution is 5.97. The van der Waals surface area contributed by atoms with Crippen molar-refractivity contribution in [3.8, 4) is 0 Å². The fourth-order valence-electron chi connectivity index (χ4n) is 2.04. The highest BCUT2D eigenvalue weighted by Crippen LogP contribution is 2.32. The lowest BCUT2D eigenvalue weighted by Crippen LogP contribution is -2.69. The number of amides is 1. The van der Waals surface area contributed by atoms with Crippen molar-refractivity contribution in [1.29, 1.82) is 0 Å². The number of nitrogens with one attached hydrogen (secondary N) is 3. The van der Waals surface area contributed by atoms with E-state index in [1.807, 2.05) is 5.32 Å². The molecule has 0 fully saturated rings. The van der Waals surface area contributed by atoms with Crippen molar-refractivity contribution in [2.24, 2.45) is 0 Å². The van der Waals surface area contributed by atoms with Gasteiger partial charge >= 0.3 is 17.8 Å². The van der Waals surface area contributed by atoms with Gasteiger partial charge in [-0.3, -0.25) is 10.1 Å². The van der Waals surface area contributed by atoms with E-state index in [-0.39, 0.29) is 5.82 Å². The molecule has 0 saturated heterocycles. The van der Waals surface area contributed by atoms with E-state index < -0.39 is 29.5 Å². The molecule has 0 bridgehead atoms. The first-order valence-electron chi connectivity index (χ1n) is 6.97. The number of alkyl halides is 3. The van der Waals surface area contributed by atoms with Crippen LogP contribution in [0.15, 0.2) is 41.1 Å². The second kappa shape index (κ2) is 6.83. The number of rotatable bonds is 5. The zero-order chi connectivity index (χ0) is 18.7. The minimum Gasteiger partial charge on any atom is -0.464 e. The predicted molar refractivity (Wildman–Crippen MR) is 78.3 cm³/mol. The molecule has 1 amide bonds. The summed E-state index contributed by atoms with van der Waals surface area (Å²) >= 11 is 0. The van der Waals surface area contributed by atoms with Gasteiger partial charge in [0.25, 0.3) is 11.7 Å². The van der Waals surface area contributed by atoms with Crippen LogP contribution in [-0.2, 0) is 9.53 Å². The number of aromatic nitrogens is 1. The van der Waals surface area contributed by atoms with E-state index in [2.05, 4.69) is 9.72 Å². The van der Waals surface area contributed by atoms with Gasteiger partial charge in [-0.05, 0) is 30.7 Å². The molecule has 0 aromatic carbocycles. The molecule has 3 N–H and O–H groups in total. The Labute approximate surface area is 140 Å². The van der Waals surface area contributed by atoms with Crippen molar-refractivity contribution < 1.29 is 36.9 Å². The van der Waals surface area contributed by atoms with Crippen molar-refractivity contribution in [2.75, 3.05) is 12.4 Å². The zero-order valence-electron chi connectivity index (χ0n) is 13.2. The maximum Gasteiger partial charge on any atom is 0.464 e. The average molecular weight is 358 g/mol. The predicted octanol–water partition coefficient (Wildman–Crippen LogP) is 1.68. The SMILES string of the molecule is COC(=O)[C@@](NC(=O)c1ccco1)(Nc1cc(C)cc[nH+]1)C(F)(F)F. The molecule has 10 heteroatoms. The van der Waals surface area contributed by atoms with E-state index in [0.29, 0.717) is 5.56 Å². The molecular formula is C15H15F3N3O4+. The Morgan fingerprint density at radius 3 is 2.52 bits per heavy atom. The van der Waals surface area contributed by atoms with Gasteiger partial charge in [0.15, 0.2) is 5.76 Å². The number of anilines is 1. The topological polar surface area (TPSA) is 94.7 Å². The van der Waals surface area contributed by atoms with Gasteiger partial charge in [0.05, 0.1) is 19.6 Å². The molecule has 2 aromatic rings. The molecule has 0 saturated carbocycles. The van der Waals surface area contributed by atoms with Gasteiger partial charge in [-0.25, -0.2) is 15.1 Å². The third-order valence-corrected chi connectivity index (χ3v) is 3.24. The standard InChI is InChI=1S/C15H14F3N3O4/c1-9-5-6-19-11(8-9)20-14(13(23)24-2,15(16,17)18)21-12(22)10-4-3-7-25-10/h3-8H,1-2H3,(H,19,20)(H,21,22)/p+1/t14-/m0/s1. The number of carbonyl (C=O) groups is 2. The molecule has 2 rings (SSSR count). The molecule has 0 aliphatic heterocycles. The van der Waals surface area contributed by atoms with E-state index in [1.54, 1.807) is 18.3 Å². The molecule has 0 aliphatic rings. The zero-order valence-corrected chi connectivity index (χ0v) is 13.2. The number of methoxy groups -OCH3 is 1. The number of aromatic amines is 1. The average Bonchev–Trinajstić information content (AvgIpc) is 3.06. The summed E-state index contributed by atoms with van der Waals surface area (Å²) in [6, 6.07) is 5.43. The third-order valence-electron chi connectivity index (χ3n) is 3.24. The summed E-state index contributed by atoms with van der Waals surface area (Å²) in [6.07, 6.45) is -2.73. The Balaban J connectivity index is 2.48. The van der Waals surface area contributed by atoms with E-state index in [4.69, 9.17) is 4.42 Å². The molecule has 1 atom stereocenters. The van der Waals surface area contributed by atoms with Crippen LogP contribution in [0.2, 0.25) is 0 Å². The second-order valence-corrected chi connectivity index (χ2v) is 5.08. The summed E-state index contributed by atoms with van der Waals surface area (Å²) in [7, 11) is 0.781. The van der Waals surface area contributed by atoms with Crippen LogP contribution in [0, 0.1) is 6.92 Å². The lowest BCUT2D eigenvalue weighted by molar-refractivity contribution is -0.363. The number of halogens is 3. The third kappa shape index (κ3) is 3.73. The fourth-order valence-corrected chi connectivity index (χ4v) is 2.04. The van der Waals surface area contributed by atoms with Gasteiger partial charge in [-0.1, -0.05) is 0 Å². The Hall–Kier alpha value is -3.04. The van der Waals surface area contributed by atoms with Crippen LogP contribution in [0.1, 0.15) is 16.1 Å². The van der Waals surface area contributed by atoms with Crippen LogP contribution in [-0.4, -0.2) is 30.8 Å². The largest absolute Gasteiger partial charge is 0.464 e. The van der Waals surface area contributed by atoms with Gasteiger partial charge in [0, 0.05) is 6.07 Å². The number of ether oxygens (including phenoxy) is 1. The smallest absolute Gasteiger partial charge is 0.464 e. The van der Waals surface area contributed by atoms with Gasteiger partial charge in [0.2, 0.25) is 0 Å². The first-order chi connectivity index (χ1) is 11.7. The molecule has 2 heterocycles. The highest BCUT2D eigenvalue weighted by atomic mass is 19.4. The van der Waals surface area contributed by atoms with Crippen LogP contribution in [0.5, 0.6) is 0 Å². The number of pyridine rings is 1. The van der Waals surface area contributed by atoms with Crippen molar-refractivity contribution in [3.63, 3.8) is 0 Å². The Morgan fingerprint density at radius 1 is 1.28 bits per heavy atom. The van der Waals surface area contributed by atoms with E-state index >= 15 is 0 Å². The maximum atomic E-state index is 13.8. The molecule has 25 heavy (non-hydrogen) atoms. The molecule has 0 spiro atoms. The van der Waals surface area contributed by atoms with Crippen LogP contribution < -0.4 is 15.6 Å². The molecule has 0 unspecified atom stereocenters. The lowest BCUT2D eigenvalue weighted by atomic mass is 10.1. The van der Waals surface area contributed by atoms with Crippen LogP contribution in [0.3, 0.4) is 0 Å². The van der Waals surface area contributed by atoms with Gasteiger partial charge in [0.1, 0.15) is 0 Å². The number of hydrogen-bond acceptors (Lipinski definition) is 5. The molecule has 0 aliphatic carbocycles. The number of aryl methyl sites for hydroxylation is 1. The fraction of sp³-hybridized carbons (Fsp3) is 0.267.